The maximum absolute atomic E-state index is 5.81. The maximum atomic E-state index is 5.81. The molecule has 18 heavy (non-hydrogen) atoms. The minimum atomic E-state index is 0.162. The fourth-order valence-corrected chi connectivity index (χ4v) is 3.14. The molecule has 7 heteroatoms. The van der Waals surface area contributed by atoms with Crippen molar-refractivity contribution in [1.82, 2.24) is 19.9 Å². The van der Waals surface area contributed by atoms with Crippen molar-refractivity contribution in [3.8, 4) is 0 Å². The summed E-state index contributed by atoms with van der Waals surface area (Å²) in [6.07, 6.45) is 3.79. The van der Waals surface area contributed by atoms with Crippen molar-refractivity contribution < 1.29 is 0 Å². The van der Waals surface area contributed by atoms with Crippen LogP contribution in [0, 0.1) is 0 Å². The predicted octanol–water partition coefficient (Wildman–Crippen LogP) is 1.85. The van der Waals surface area contributed by atoms with Gasteiger partial charge in [-0.15, -0.1) is 0 Å². The Kier molecular flexibility index (Phi) is 3.54. The fourth-order valence-electron chi connectivity index (χ4n) is 2.79. The van der Waals surface area contributed by atoms with E-state index in [0.29, 0.717) is 12.0 Å². The number of rotatable bonds is 2. The molecule has 0 radical (unpaired) electrons. The van der Waals surface area contributed by atoms with Gasteiger partial charge in [0.05, 0.1) is 0 Å². The Morgan fingerprint density at radius 1 is 0.944 bits per heavy atom. The van der Waals surface area contributed by atoms with Crippen molar-refractivity contribution in [2.24, 2.45) is 0 Å². The maximum Gasteiger partial charge on any atom is 0.231 e. The third-order valence-electron chi connectivity index (χ3n) is 3.67. The van der Waals surface area contributed by atoms with E-state index in [0.717, 1.165) is 19.5 Å². The molecule has 0 spiro atoms. The zero-order valence-corrected chi connectivity index (χ0v) is 11.5. The van der Waals surface area contributed by atoms with E-state index in [1.54, 1.807) is 0 Å². The van der Waals surface area contributed by atoms with E-state index in [1.165, 1.54) is 25.9 Å². The fraction of sp³-hybridized carbons (Fsp3) is 0.727. The number of anilines is 1. The average Bonchev–Trinajstić information content (AvgIpc) is 2.99. The van der Waals surface area contributed by atoms with Crippen LogP contribution in [0.2, 0.25) is 10.6 Å². The predicted molar refractivity (Wildman–Crippen MR) is 71.3 cm³/mol. The third-order valence-corrected chi connectivity index (χ3v) is 4.01. The summed E-state index contributed by atoms with van der Waals surface area (Å²) in [4.78, 5) is 16.8. The van der Waals surface area contributed by atoms with Crippen molar-refractivity contribution >= 4 is 29.2 Å². The quantitative estimate of drug-likeness (QED) is 0.831. The van der Waals surface area contributed by atoms with Crippen LogP contribution in [0.5, 0.6) is 0 Å². The molecule has 0 aromatic carbocycles. The Balaban J connectivity index is 1.70. The summed E-state index contributed by atoms with van der Waals surface area (Å²) in [7, 11) is 0. The Morgan fingerprint density at radius 3 is 2.28 bits per heavy atom. The Labute approximate surface area is 116 Å². The number of hydrogen-bond donors (Lipinski definition) is 0. The number of nitrogens with zero attached hydrogens (tertiary/aromatic N) is 5. The average molecular weight is 288 g/mol. The van der Waals surface area contributed by atoms with E-state index < -0.39 is 0 Å². The summed E-state index contributed by atoms with van der Waals surface area (Å²) in [6.45, 7) is 4.35. The highest BCUT2D eigenvalue weighted by atomic mass is 35.5. The van der Waals surface area contributed by atoms with Gasteiger partial charge in [-0.3, -0.25) is 4.90 Å². The van der Waals surface area contributed by atoms with Crippen LogP contribution in [0.15, 0.2) is 0 Å². The van der Waals surface area contributed by atoms with E-state index in [9.17, 15) is 0 Å². The van der Waals surface area contributed by atoms with Gasteiger partial charge in [0.1, 0.15) is 0 Å². The first kappa shape index (κ1) is 12.4. The van der Waals surface area contributed by atoms with E-state index in [2.05, 4.69) is 24.8 Å². The van der Waals surface area contributed by atoms with Gasteiger partial charge in [0, 0.05) is 19.1 Å². The molecule has 0 amide bonds. The zero-order valence-electron chi connectivity index (χ0n) is 10.0. The summed E-state index contributed by atoms with van der Waals surface area (Å²) in [5.41, 5.74) is 0. The third kappa shape index (κ3) is 2.53. The molecule has 3 rings (SSSR count). The van der Waals surface area contributed by atoms with Crippen molar-refractivity contribution in [3.63, 3.8) is 0 Å². The van der Waals surface area contributed by atoms with E-state index in [1.807, 2.05) is 0 Å². The second kappa shape index (κ2) is 5.15. The lowest BCUT2D eigenvalue weighted by atomic mass is 10.2. The van der Waals surface area contributed by atoms with Gasteiger partial charge in [-0.1, -0.05) is 0 Å². The molecule has 2 aliphatic rings. The van der Waals surface area contributed by atoms with Crippen LogP contribution in [0.4, 0.5) is 5.95 Å². The van der Waals surface area contributed by atoms with Crippen molar-refractivity contribution in [2.75, 3.05) is 31.1 Å². The first-order chi connectivity index (χ1) is 8.72. The molecule has 1 aromatic rings. The van der Waals surface area contributed by atoms with Crippen LogP contribution >= 0.6 is 23.2 Å². The number of halogens is 2. The van der Waals surface area contributed by atoms with Gasteiger partial charge in [0.15, 0.2) is 0 Å². The Morgan fingerprint density at radius 2 is 1.61 bits per heavy atom. The van der Waals surface area contributed by atoms with E-state index in [-0.39, 0.29) is 10.6 Å². The molecule has 5 nitrogen and oxygen atoms in total. The van der Waals surface area contributed by atoms with Gasteiger partial charge < -0.3 is 4.90 Å². The highest BCUT2D eigenvalue weighted by molar-refractivity contribution is 6.31. The summed E-state index contributed by atoms with van der Waals surface area (Å²) in [5, 5.41) is 0.323. The Bertz CT molecular complexity index is 415. The van der Waals surface area contributed by atoms with Gasteiger partial charge in [0.2, 0.25) is 16.5 Å². The topological polar surface area (TPSA) is 45.2 Å². The number of hydrogen-bond acceptors (Lipinski definition) is 5. The SMILES string of the molecule is Clc1nc(Cl)nc(N2CCC(N3CCCC3)C2)n1. The molecule has 0 bridgehead atoms. The van der Waals surface area contributed by atoms with Crippen LogP contribution in [0.1, 0.15) is 19.3 Å². The molecular weight excluding hydrogens is 273 g/mol. The first-order valence-corrected chi connectivity index (χ1v) is 7.04. The summed E-state index contributed by atoms with van der Waals surface area (Å²) in [6, 6.07) is 0.613. The number of aromatic nitrogens is 3. The van der Waals surface area contributed by atoms with Crippen LogP contribution in [0.25, 0.3) is 0 Å². The molecular formula is C11H15Cl2N5. The van der Waals surface area contributed by atoms with Gasteiger partial charge >= 0.3 is 0 Å². The van der Waals surface area contributed by atoms with Crippen molar-refractivity contribution in [3.05, 3.63) is 10.6 Å². The van der Waals surface area contributed by atoms with E-state index in [4.69, 9.17) is 23.2 Å². The molecule has 0 saturated carbocycles. The molecule has 1 aromatic heterocycles. The van der Waals surface area contributed by atoms with Crippen molar-refractivity contribution in [2.45, 2.75) is 25.3 Å². The molecule has 2 aliphatic heterocycles. The van der Waals surface area contributed by atoms with Crippen LogP contribution in [-0.2, 0) is 0 Å². The van der Waals surface area contributed by atoms with Gasteiger partial charge in [-0.2, -0.15) is 15.0 Å². The summed E-state index contributed by atoms with van der Waals surface area (Å²) >= 11 is 11.6. The summed E-state index contributed by atoms with van der Waals surface area (Å²) in [5.74, 6) is 0.599. The minimum Gasteiger partial charge on any atom is -0.339 e. The lowest BCUT2D eigenvalue weighted by Gasteiger charge is -2.23. The zero-order chi connectivity index (χ0) is 12.5. The minimum absolute atomic E-state index is 0.162. The molecule has 0 N–H and O–H groups in total. The van der Waals surface area contributed by atoms with E-state index >= 15 is 0 Å². The largest absolute Gasteiger partial charge is 0.339 e. The highest BCUT2D eigenvalue weighted by Crippen LogP contribution is 2.24. The van der Waals surface area contributed by atoms with Gasteiger partial charge in [-0.05, 0) is 55.6 Å². The molecule has 0 aliphatic carbocycles. The molecule has 1 unspecified atom stereocenters. The smallest absolute Gasteiger partial charge is 0.231 e. The monoisotopic (exact) mass is 287 g/mol. The summed E-state index contributed by atoms with van der Waals surface area (Å²) < 4.78 is 0. The first-order valence-electron chi connectivity index (χ1n) is 6.28. The van der Waals surface area contributed by atoms with Crippen LogP contribution in [0.3, 0.4) is 0 Å². The van der Waals surface area contributed by atoms with Crippen molar-refractivity contribution in [1.29, 1.82) is 0 Å². The van der Waals surface area contributed by atoms with Crippen LogP contribution < -0.4 is 4.90 Å². The lowest BCUT2D eigenvalue weighted by molar-refractivity contribution is 0.260. The normalized spacial score (nSPS) is 25.0. The second-order valence-electron chi connectivity index (χ2n) is 4.81. The molecule has 2 saturated heterocycles. The lowest BCUT2D eigenvalue weighted by Crippen LogP contribution is -2.35. The molecule has 98 valence electrons. The van der Waals surface area contributed by atoms with Gasteiger partial charge in [-0.25, -0.2) is 0 Å². The highest BCUT2D eigenvalue weighted by Gasteiger charge is 2.30. The molecule has 2 fully saturated rings. The van der Waals surface area contributed by atoms with Crippen LogP contribution in [-0.4, -0.2) is 52.1 Å². The molecule has 1 atom stereocenters. The second-order valence-corrected chi connectivity index (χ2v) is 5.48. The molecule has 3 heterocycles. The van der Waals surface area contributed by atoms with Gasteiger partial charge in [0.25, 0.3) is 0 Å². The number of likely N-dealkylation sites (tertiary alicyclic amines) is 1. The Hall–Kier alpha value is -0.650. The standard InChI is InChI=1S/C11H15Cl2N5/c12-9-14-10(13)16-11(15-9)18-6-3-8(7-18)17-4-1-2-5-17/h8H,1-7H2.